The highest BCUT2D eigenvalue weighted by Gasteiger charge is 2.26. The molecule has 116 valence electrons. The molecule has 5 nitrogen and oxygen atoms in total. The molecule has 1 saturated heterocycles. The van der Waals surface area contributed by atoms with Gasteiger partial charge in [-0.1, -0.05) is 24.6 Å². The minimum atomic E-state index is -3.33. The Balaban J connectivity index is 1.56. The van der Waals surface area contributed by atoms with E-state index in [2.05, 4.69) is 4.72 Å². The predicted octanol–water partition coefficient (Wildman–Crippen LogP) is 1.56. The van der Waals surface area contributed by atoms with Gasteiger partial charge in [0.25, 0.3) is 10.2 Å². The molecule has 2 heterocycles. The van der Waals surface area contributed by atoms with Crippen LogP contribution in [0.1, 0.15) is 24.8 Å². The third-order valence-corrected chi connectivity index (χ3v) is 5.74. The van der Waals surface area contributed by atoms with E-state index in [4.69, 9.17) is 4.74 Å². The summed E-state index contributed by atoms with van der Waals surface area (Å²) in [4.78, 5) is 0. The molecule has 1 aromatic rings. The second-order valence-electron chi connectivity index (χ2n) is 5.80. The van der Waals surface area contributed by atoms with Gasteiger partial charge in [-0.15, -0.1) is 0 Å². The van der Waals surface area contributed by atoms with Crippen molar-refractivity contribution in [3.05, 3.63) is 29.8 Å². The van der Waals surface area contributed by atoms with Crippen LogP contribution in [0, 0.1) is 5.92 Å². The van der Waals surface area contributed by atoms with Crippen LogP contribution >= 0.6 is 0 Å². The second-order valence-corrected chi connectivity index (χ2v) is 7.56. The van der Waals surface area contributed by atoms with Crippen molar-refractivity contribution in [3.8, 4) is 5.75 Å². The average Bonchev–Trinajstić information content (AvgIpc) is 2.54. The van der Waals surface area contributed by atoms with E-state index < -0.39 is 10.2 Å². The summed E-state index contributed by atoms with van der Waals surface area (Å²) in [6, 6.07) is 7.95. The Morgan fingerprint density at radius 1 is 1.19 bits per heavy atom. The first-order valence-corrected chi connectivity index (χ1v) is 9.04. The number of piperidine rings is 1. The zero-order valence-corrected chi connectivity index (χ0v) is 12.9. The van der Waals surface area contributed by atoms with Crippen molar-refractivity contribution >= 4 is 10.2 Å². The molecule has 3 rings (SSSR count). The number of nitrogens with zero attached hydrogens (tertiary/aromatic N) is 1. The minimum absolute atomic E-state index is 0.194. The lowest BCUT2D eigenvalue weighted by Crippen LogP contribution is -2.45. The molecule has 0 amide bonds. The number of hydrogen-bond donors (Lipinski definition) is 1. The van der Waals surface area contributed by atoms with E-state index in [9.17, 15) is 8.42 Å². The molecule has 0 spiro atoms. The molecule has 6 heteroatoms. The lowest BCUT2D eigenvalue weighted by atomic mass is 9.97. The van der Waals surface area contributed by atoms with Crippen molar-refractivity contribution in [2.45, 2.75) is 25.7 Å². The normalized spacial score (nSPS) is 23.3. The van der Waals surface area contributed by atoms with Crippen LogP contribution in [0.5, 0.6) is 5.75 Å². The van der Waals surface area contributed by atoms with Gasteiger partial charge in [0.2, 0.25) is 0 Å². The molecule has 0 aromatic heterocycles. The molecule has 0 radical (unpaired) electrons. The SMILES string of the molecule is O=S(=O)(NC[C@H]1COc2ccccc2C1)N1CCCCC1. The smallest absolute Gasteiger partial charge is 0.279 e. The van der Waals surface area contributed by atoms with Gasteiger partial charge < -0.3 is 4.74 Å². The zero-order valence-electron chi connectivity index (χ0n) is 12.1. The van der Waals surface area contributed by atoms with Crippen LogP contribution in [0.2, 0.25) is 0 Å². The lowest BCUT2D eigenvalue weighted by molar-refractivity contribution is 0.222. The first-order valence-electron chi connectivity index (χ1n) is 7.60. The molecule has 1 aromatic carbocycles. The Hall–Kier alpha value is -1.11. The first kappa shape index (κ1) is 14.8. The zero-order chi connectivity index (χ0) is 14.7. The Labute approximate surface area is 126 Å². The summed E-state index contributed by atoms with van der Waals surface area (Å²) in [5, 5.41) is 0. The lowest BCUT2D eigenvalue weighted by Gasteiger charge is -2.29. The fraction of sp³-hybridized carbons (Fsp3) is 0.600. The molecule has 1 N–H and O–H groups in total. The fourth-order valence-corrected chi connectivity index (χ4v) is 4.31. The van der Waals surface area contributed by atoms with Gasteiger partial charge in [0.05, 0.1) is 6.61 Å². The van der Waals surface area contributed by atoms with Crippen molar-refractivity contribution in [1.29, 1.82) is 0 Å². The standard InChI is InChI=1S/C15H22N2O3S/c18-21(19,17-8-4-1-5-9-17)16-11-13-10-14-6-2-3-7-15(14)20-12-13/h2-3,6-7,13,16H,1,4-5,8-12H2/t13-/m0/s1. The third-order valence-electron chi connectivity index (χ3n) is 4.17. The molecular weight excluding hydrogens is 288 g/mol. The van der Waals surface area contributed by atoms with Crippen LogP contribution in [0.25, 0.3) is 0 Å². The summed E-state index contributed by atoms with van der Waals surface area (Å²) in [7, 11) is -3.33. The largest absolute Gasteiger partial charge is 0.493 e. The Bertz CT molecular complexity index is 582. The highest BCUT2D eigenvalue weighted by Crippen LogP contribution is 2.26. The number of para-hydroxylation sites is 1. The maximum atomic E-state index is 12.2. The van der Waals surface area contributed by atoms with Crippen LogP contribution in [0.3, 0.4) is 0 Å². The Kier molecular flexibility index (Phi) is 4.47. The Morgan fingerprint density at radius 2 is 1.95 bits per heavy atom. The first-order chi connectivity index (χ1) is 10.1. The summed E-state index contributed by atoms with van der Waals surface area (Å²) in [5.74, 6) is 1.12. The van der Waals surface area contributed by atoms with Gasteiger partial charge in [-0.2, -0.15) is 12.7 Å². The van der Waals surface area contributed by atoms with Gasteiger partial charge in [0.1, 0.15) is 5.75 Å². The monoisotopic (exact) mass is 310 g/mol. The van der Waals surface area contributed by atoms with Crippen molar-refractivity contribution in [3.63, 3.8) is 0 Å². The van der Waals surface area contributed by atoms with E-state index in [1.807, 2.05) is 24.3 Å². The summed E-state index contributed by atoms with van der Waals surface area (Å²) < 4.78 is 34.5. The molecular formula is C15H22N2O3S. The summed E-state index contributed by atoms with van der Waals surface area (Å²) in [5.41, 5.74) is 1.16. The number of benzene rings is 1. The van der Waals surface area contributed by atoms with Crippen LogP contribution < -0.4 is 9.46 Å². The van der Waals surface area contributed by atoms with Gasteiger partial charge in [0.15, 0.2) is 0 Å². The van der Waals surface area contributed by atoms with E-state index in [-0.39, 0.29) is 5.92 Å². The van der Waals surface area contributed by atoms with Gasteiger partial charge in [0, 0.05) is 25.6 Å². The third kappa shape index (κ3) is 3.56. The highest BCUT2D eigenvalue weighted by molar-refractivity contribution is 7.87. The van der Waals surface area contributed by atoms with Crippen LogP contribution in [0.4, 0.5) is 0 Å². The molecule has 0 saturated carbocycles. The highest BCUT2D eigenvalue weighted by atomic mass is 32.2. The van der Waals surface area contributed by atoms with E-state index in [1.54, 1.807) is 4.31 Å². The number of fused-ring (bicyclic) bond motifs is 1. The average molecular weight is 310 g/mol. The molecule has 1 fully saturated rings. The number of ether oxygens (including phenoxy) is 1. The summed E-state index contributed by atoms with van der Waals surface area (Å²) in [6.07, 6.45) is 3.90. The van der Waals surface area contributed by atoms with Crippen molar-refractivity contribution in [2.75, 3.05) is 26.2 Å². The van der Waals surface area contributed by atoms with E-state index in [0.29, 0.717) is 26.2 Å². The molecule has 0 unspecified atom stereocenters. The minimum Gasteiger partial charge on any atom is -0.493 e. The number of hydrogen-bond acceptors (Lipinski definition) is 3. The molecule has 2 aliphatic heterocycles. The second kappa shape index (κ2) is 6.34. The van der Waals surface area contributed by atoms with E-state index >= 15 is 0 Å². The van der Waals surface area contributed by atoms with Crippen LogP contribution in [-0.2, 0) is 16.6 Å². The van der Waals surface area contributed by atoms with Crippen molar-refractivity contribution < 1.29 is 13.2 Å². The fourth-order valence-electron chi connectivity index (χ4n) is 2.94. The number of rotatable bonds is 4. The molecule has 1 atom stereocenters. The topological polar surface area (TPSA) is 58.6 Å². The Morgan fingerprint density at radius 3 is 2.76 bits per heavy atom. The van der Waals surface area contributed by atoms with E-state index in [1.165, 1.54) is 0 Å². The van der Waals surface area contributed by atoms with Gasteiger partial charge >= 0.3 is 0 Å². The molecule has 0 aliphatic carbocycles. The molecule has 0 bridgehead atoms. The quantitative estimate of drug-likeness (QED) is 0.918. The van der Waals surface area contributed by atoms with Gasteiger partial charge in [-0.3, -0.25) is 0 Å². The van der Waals surface area contributed by atoms with E-state index in [0.717, 1.165) is 37.0 Å². The van der Waals surface area contributed by atoms with Crippen LogP contribution in [-0.4, -0.2) is 39.0 Å². The molecule has 2 aliphatic rings. The van der Waals surface area contributed by atoms with Gasteiger partial charge in [-0.25, -0.2) is 4.72 Å². The summed E-state index contributed by atoms with van der Waals surface area (Å²) >= 11 is 0. The van der Waals surface area contributed by atoms with Crippen molar-refractivity contribution in [1.82, 2.24) is 9.03 Å². The maximum absolute atomic E-state index is 12.2. The van der Waals surface area contributed by atoms with Gasteiger partial charge in [-0.05, 0) is 30.9 Å². The maximum Gasteiger partial charge on any atom is 0.279 e. The van der Waals surface area contributed by atoms with Crippen LogP contribution in [0.15, 0.2) is 24.3 Å². The number of nitrogens with one attached hydrogen (secondary N) is 1. The molecule has 21 heavy (non-hydrogen) atoms. The van der Waals surface area contributed by atoms with Crippen molar-refractivity contribution in [2.24, 2.45) is 5.92 Å². The summed E-state index contributed by atoms with van der Waals surface area (Å²) in [6.45, 7) is 2.28. The predicted molar refractivity (Wildman–Crippen MR) is 81.5 cm³/mol.